The molecule has 0 aliphatic carbocycles. The van der Waals surface area contributed by atoms with Crippen molar-refractivity contribution in [3.63, 3.8) is 0 Å². The Bertz CT molecular complexity index is 1190. The first-order valence-electron chi connectivity index (χ1n) is 11.9. The van der Waals surface area contributed by atoms with E-state index >= 15 is 0 Å². The summed E-state index contributed by atoms with van der Waals surface area (Å²) in [4.78, 5) is 29.2. The van der Waals surface area contributed by atoms with Crippen LogP contribution < -0.4 is 4.74 Å². The number of carbonyl (C=O) groups is 2. The topological polar surface area (TPSA) is 65.1 Å². The van der Waals surface area contributed by atoms with E-state index in [1.165, 1.54) is 14.2 Å². The molecule has 1 saturated heterocycles. The highest BCUT2D eigenvalue weighted by atomic mass is 16.5. The van der Waals surface area contributed by atoms with Gasteiger partial charge in [0.2, 0.25) is 0 Å². The lowest BCUT2D eigenvalue weighted by Crippen LogP contribution is -2.46. The van der Waals surface area contributed by atoms with Gasteiger partial charge in [0, 0.05) is 18.2 Å². The quantitative estimate of drug-likeness (QED) is 0.328. The standard InChI is InChI=1S/C30H31NO5/c1-34-26-17-11-10-16-25(26)27-30(28(32)35-2,29(33)36-3)20-24(19-18-22-12-6-4-7-13-22)31(27)21-23-14-8-5-9-15-23/h4-19,24,27H,20-21H2,1-3H3/b19-18+/t24-,27+/m0/s1. The molecule has 1 heterocycles. The van der Waals surface area contributed by atoms with E-state index in [-0.39, 0.29) is 12.5 Å². The molecule has 1 fully saturated rings. The monoisotopic (exact) mass is 485 g/mol. The first-order chi connectivity index (χ1) is 17.5. The predicted octanol–water partition coefficient (Wildman–Crippen LogP) is 5.06. The molecule has 0 amide bonds. The van der Waals surface area contributed by atoms with Crippen molar-refractivity contribution in [2.75, 3.05) is 21.3 Å². The lowest BCUT2D eigenvalue weighted by Gasteiger charge is -2.35. The van der Waals surface area contributed by atoms with Gasteiger partial charge in [0.1, 0.15) is 5.75 Å². The molecule has 4 rings (SSSR count). The Balaban J connectivity index is 1.92. The molecule has 0 aromatic heterocycles. The van der Waals surface area contributed by atoms with Gasteiger partial charge in [-0.05, 0) is 23.6 Å². The molecule has 0 saturated carbocycles. The van der Waals surface area contributed by atoms with E-state index in [1.54, 1.807) is 7.11 Å². The van der Waals surface area contributed by atoms with Crippen LogP contribution in [0.3, 0.4) is 0 Å². The molecule has 6 heteroatoms. The van der Waals surface area contributed by atoms with E-state index in [0.717, 1.165) is 16.7 Å². The van der Waals surface area contributed by atoms with Gasteiger partial charge in [-0.25, -0.2) is 0 Å². The minimum Gasteiger partial charge on any atom is -0.496 e. The molecule has 0 bridgehead atoms. The molecule has 6 nitrogen and oxygen atoms in total. The summed E-state index contributed by atoms with van der Waals surface area (Å²) in [7, 11) is 4.20. The highest BCUT2D eigenvalue weighted by molar-refractivity contribution is 6.02. The van der Waals surface area contributed by atoms with Gasteiger partial charge in [-0.15, -0.1) is 0 Å². The van der Waals surface area contributed by atoms with Crippen molar-refractivity contribution < 1.29 is 23.8 Å². The van der Waals surface area contributed by atoms with Gasteiger partial charge in [-0.1, -0.05) is 91.0 Å². The molecule has 1 aliphatic heterocycles. The average molecular weight is 486 g/mol. The Hall–Kier alpha value is -3.90. The SMILES string of the molecule is COC(=O)C1(C(=O)OC)C[C@H](/C=C/c2ccccc2)N(Cc2ccccc2)[C@@H]1c1ccccc1OC. The highest BCUT2D eigenvalue weighted by Crippen LogP contribution is 2.54. The summed E-state index contributed by atoms with van der Waals surface area (Å²) < 4.78 is 16.2. The Labute approximate surface area is 212 Å². The number of benzene rings is 3. The first-order valence-corrected chi connectivity index (χ1v) is 11.9. The van der Waals surface area contributed by atoms with E-state index in [2.05, 4.69) is 4.90 Å². The van der Waals surface area contributed by atoms with Crippen LogP contribution in [-0.2, 0) is 25.6 Å². The Morgan fingerprint density at radius 2 is 1.44 bits per heavy atom. The fourth-order valence-corrected chi connectivity index (χ4v) is 5.17. The number of likely N-dealkylation sites (tertiary alicyclic amines) is 1. The molecule has 3 aromatic rings. The number of nitrogens with zero attached hydrogens (tertiary/aromatic N) is 1. The molecule has 0 unspecified atom stereocenters. The third kappa shape index (κ3) is 4.77. The van der Waals surface area contributed by atoms with Crippen molar-refractivity contribution in [2.45, 2.75) is 25.0 Å². The largest absolute Gasteiger partial charge is 0.496 e. The number of carbonyl (C=O) groups excluding carboxylic acids is 2. The lowest BCUT2D eigenvalue weighted by molar-refractivity contribution is -0.171. The van der Waals surface area contributed by atoms with Gasteiger partial charge in [-0.3, -0.25) is 14.5 Å². The van der Waals surface area contributed by atoms with E-state index in [9.17, 15) is 9.59 Å². The summed E-state index contributed by atoms with van der Waals surface area (Å²) in [6.45, 7) is 0.503. The second-order valence-electron chi connectivity index (χ2n) is 8.80. The van der Waals surface area contributed by atoms with E-state index in [4.69, 9.17) is 14.2 Å². The molecule has 0 radical (unpaired) electrons. The van der Waals surface area contributed by atoms with Crippen molar-refractivity contribution in [1.82, 2.24) is 4.90 Å². The lowest BCUT2D eigenvalue weighted by atomic mass is 9.76. The third-order valence-corrected chi connectivity index (χ3v) is 6.81. The maximum absolute atomic E-state index is 13.5. The minimum absolute atomic E-state index is 0.200. The van der Waals surface area contributed by atoms with E-state index in [0.29, 0.717) is 12.3 Å². The number of rotatable bonds is 8. The smallest absolute Gasteiger partial charge is 0.325 e. The number of para-hydroxylation sites is 1. The van der Waals surface area contributed by atoms with Crippen LogP contribution in [0.15, 0.2) is 91.0 Å². The number of hydrogen-bond donors (Lipinski definition) is 0. The zero-order valence-electron chi connectivity index (χ0n) is 20.8. The summed E-state index contributed by atoms with van der Waals surface area (Å²) in [5.41, 5.74) is 1.22. The summed E-state index contributed by atoms with van der Waals surface area (Å²) in [5.74, 6) is -0.664. The van der Waals surface area contributed by atoms with Crippen LogP contribution in [0.2, 0.25) is 0 Å². The zero-order valence-corrected chi connectivity index (χ0v) is 20.8. The summed E-state index contributed by atoms with van der Waals surface area (Å²) in [5, 5.41) is 0. The summed E-state index contributed by atoms with van der Waals surface area (Å²) in [6.07, 6.45) is 4.27. The summed E-state index contributed by atoms with van der Waals surface area (Å²) >= 11 is 0. The van der Waals surface area contributed by atoms with Crippen LogP contribution >= 0.6 is 0 Å². The fourth-order valence-electron chi connectivity index (χ4n) is 5.17. The molecule has 36 heavy (non-hydrogen) atoms. The summed E-state index contributed by atoms with van der Waals surface area (Å²) in [6, 6.07) is 26.5. The normalized spacial score (nSPS) is 19.2. The van der Waals surface area contributed by atoms with Crippen molar-refractivity contribution in [1.29, 1.82) is 0 Å². The van der Waals surface area contributed by atoms with Crippen molar-refractivity contribution in [3.8, 4) is 5.75 Å². The van der Waals surface area contributed by atoms with Crippen molar-refractivity contribution >= 4 is 18.0 Å². The first kappa shape index (κ1) is 25.2. The van der Waals surface area contributed by atoms with Crippen LogP contribution in [0.25, 0.3) is 6.08 Å². The number of methoxy groups -OCH3 is 3. The number of esters is 2. The molecule has 0 spiro atoms. The van der Waals surface area contributed by atoms with Crippen LogP contribution in [0.4, 0.5) is 0 Å². The average Bonchev–Trinajstić information content (AvgIpc) is 3.26. The Morgan fingerprint density at radius 1 is 0.861 bits per heavy atom. The minimum atomic E-state index is -1.58. The molecule has 0 N–H and O–H groups in total. The van der Waals surface area contributed by atoms with Crippen LogP contribution in [-0.4, -0.2) is 44.2 Å². The van der Waals surface area contributed by atoms with E-state index < -0.39 is 23.4 Å². The molecular weight excluding hydrogens is 454 g/mol. The Morgan fingerprint density at radius 3 is 2.06 bits per heavy atom. The second kappa shape index (κ2) is 11.2. The maximum Gasteiger partial charge on any atom is 0.325 e. The molecule has 1 aliphatic rings. The van der Waals surface area contributed by atoms with Gasteiger partial charge in [0.05, 0.1) is 27.4 Å². The van der Waals surface area contributed by atoms with Crippen molar-refractivity contribution in [2.24, 2.45) is 5.41 Å². The maximum atomic E-state index is 13.5. The molecule has 2 atom stereocenters. The van der Waals surface area contributed by atoms with Crippen LogP contribution in [0.5, 0.6) is 5.75 Å². The van der Waals surface area contributed by atoms with Crippen LogP contribution in [0, 0.1) is 5.41 Å². The number of ether oxygens (including phenoxy) is 3. The van der Waals surface area contributed by atoms with Gasteiger partial charge in [0.25, 0.3) is 0 Å². The molecule has 3 aromatic carbocycles. The van der Waals surface area contributed by atoms with Gasteiger partial charge >= 0.3 is 11.9 Å². The predicted molar refractivity (Wildman–Crippen MR) is 138 cm³/mol. The number of hydrogen-bond acceptors (Lipinski definition) is 6. The van der Waals surface area contributed by atoms with Gasteiger partial charge in [0.15, 0.2) is 5.41 Å². The molecular formula is C30H31NO5. The second-order valence-corrected chi connectivity index (χ2v) is 8.80. The fraction of sp³-hybridized carbons (Fsp3) is 0.267. The van der Waals surface area contributed by atoms with Crippen LogP contribution in [0.1, 0.15) is 29.2 Å². The highest BCUT2D eigenvalue weighted by Gasteiger charge is 2.63. The van der Waals surface area contributed by atoms with Gasteiger partial charge < -0.3 is 14.2 Å². The Kier molecular flexibility index (Phi) is 7.86. The van der Waals surface area contributed by atoms with E-state index in [1.807, 2.05) is 97.1 Å². The van der Waals surface area contributed by atoms with Crippen molar-refractivity contribution in [3.05, 3.63) is 108 Å². The molecule has 186 valence electrons. The zero-order chi connectivity index (χ0) is 25.5. The van der Waals surface area contributed by atoms with Gasteiger partial charge in [-0.2, -0.15) is 0 Å². The third-order valence-electron chi connectivity index (χ3n) is 6.81.